The van der Waals surface area contributed by atoms with Gasteiger partial charge in [-0.2, -0.15) is 0 Å². The van der Waals surface area contributed by atoms with Gasteiger partial charge in [-0.1, -0.05) is 54.1 Å². The summed E-state index contributed by atoms with van der Waals surface area (Å²) in [5.41, 5.74) is 8.07. The molecule has 1 aliphatic heterocycles. The van der Waals surface area contributed by atoms with Crippen LogP contribution >= 0.6 is 11.6 Å². The summed E-state index contributed by atoms with van der Waals surface area (Å²) in [5, 5.41) is 0.599. The molecule has 6 nitrogen and oxygen atoms in total. The van der Waals surface area contributed by atoms with E-state index >= 15 is 0 Å². The van der Waals surface area contributed by atoms with Crippen molar-refractivity contribution in [3.63, 3.8) is 0 Å². The van der Waals surface area contributed by atoms with Crippen LogP contribution in [-0.4, -0.2) is 18.4 Å². The predicted octanol–water partition coefficient (Wildman–Crippen LogP) is 4.42. The van der Waals surface area contributed by atoms with E-state index in [4.69, 9.17) is 16.3 Å². The highest BCUT2D eigenvalue weighted by molar-refractivity contribution is 6.30. The van der Waals surface area contributed by atoms with E-state index in [9.17, 15) is 9.59 Å². The molecule has 0 saturated carbocycles. The Labute approximate surface area is 185 Å². The molecular weight excluding hydrogens is 414 g/mol. The lowest BCUT2D eigenvalue weighted by atomic mass is 10.1. The van der Waals surface area contributed by atoms with Crippen molar-refractivity contribution < 1.29 is 14.3 Å². The van der Waals surface area contributed by atoms with Crippen LogP contribution in [0, 0.1) is 5.92 Å². The molecular formula is C24H22ClN3O3. The first-order valence-corrected chi connectivity index (χ1v) is 10.4. The molecule has 0 aliphatic carbocycles. The Hall–Kier alpha value is -3.51. The van der Waals surface area contributed by atoms with Crippen molar-refractivity contribution in [2.24, 2.45) is 5.92 Å². The monoisotopic (exact) mass is 435 g/mol. The van der Waals surface area contributed by atoms with Gasteiger partial charge in [0.05, 0.1) is 11.6 Å². The summed E-state index contributed by atoms with van der Waals surface area (Å²) < 4.78 is 5.90. The zero-order valence-electron chi connectivity index (χ0n) is 16.8. The number of hydrazine groups is 1. The van der Waals surface area contributed by atoms with Gasteiger partial charge in [0, 0.05) is 23.7 Å². The summed E-state index contributed by atoms with van der Waals surface area (Å²) >= 11 is 5.92. The van der Waals surface area contributed by atoms with Gasteiger partial charge in [-0.05, 0) is 42.0 Å². The lowest BCUT2D eigenvalue weighted by Gasteiger charge is -2.18. The topological polar surface area (TPSA) is 70.7 Å². The van der Waals surface area contributed by atoms with Crippen molar-refractivity contribution in [1.29, 1.82) is 0 Å². The molecule has 4 rings (SSSR count). The van der Waals surface area contributed by atoms with Gasteiger partial charge in [0.1, 0.15) is 12.4 Å². The Morgan fingerprint density at radius 2 is 1.71 bits per heavy atom. The molecule has 0 spiro atoms. The third kappa shape index (κ3) is 5.16. The van der Waals surface area contributed by atoms with Crippen LogP contribution in [-0.2, 0) is 16.2 Å². The molecule has 1 aliphatic rings. The predicted molar refractivity (Wildman–Crippen MR) is 121 cm³/mol. The lowest BCUT2D eigenvalue weighted by molar-refractivity contribution is -0.125. The summed E-state index contributed by atoms with van der Waals surface area (Å²) in [4.78, 5) is 26.7. The van der Waals surface area contributed by atoms with Crippen LogP contribution in [0.4, 0.5) is 11.4 Å². The number of halogens is 1. The normalized spacial score (nSPS) is 15.6. The molecule has 1 atom stereocenters. The van der Waals surface area contributed by atoms with E-state index in [1.54, 1.807) is 29.2 Å². The minimum atomic E-state index is -0.451. The van der Waals surface area contributed by atoms with Crippen molar-refractivity contribution in [1.82, 2.24) is 5.43 Å². The Morgan fingerprint density at radius 3 is 2.48 bits per heavy atom. The fourth-order valence-corrected chi connectivity index (χ4v) is 3.54. The van der Waals surface area contributed by atoms with E-state index in [1.165, 1.54) is 0 Å². The molecule has 0 unspecified atom stereocenters. The van der Waals surface area contributed by atoms with Crippen LogP contribution in [0.25, 0.3) is 0 Å². The first-order valence-electron chi connectivity index (χ1n) is 9.98. The molecule has 2 amide bonds. The minimum Gasteiger partial charge on any atom is -0.487 e. The number of hydrogen-bond acceptors (Lipinski definition) is 4. The fraction of sp³-hybridized carbons (Fsp3) is 0.167. The molecule has 1 saturated heterocycles. The standard InChI is InChI=1S/C24H22ClN3O3/c25-19-10-12-20(13-11-19)28-15-18(14-23(28)29)24(30)27-26-21-8-4-5-9-22(21)31-16-17-6-2-1-3-7-17/h1-13,18,26H,14-16H2,(H,27,30)/t18-/m1/s1. The van der Waals surface area contributed by atoms with Crippen molar-refractivity contribution >= 4 is 34.8 Å². The average Bonchev–Trinajstić information content (AvgIpc) is 3.19. The van der Waals surface area contributed by atoms with Crippen LogP contribution in [0.1, 0.15) is 12.0 Å². The average molecular weight is 436 g/mol. The van der Waals surface area contributed by atoms with Gasteiger partial charge in [0.25, 0.3) is 0 Å². The molecule has 0 bridgehead atoms. The van der Waals surface area contributed by atoms with Gasteiger partial charge in [-0.15, -0.1) is 0 Å². The van der Waals surface area contributed by atoms with Gasteiger partial charge in [0.15, 0.2) is 0 Å². The van der Waals surface area contributed by atoms with E-state index in [1.807, 2.05) is 54.6 Å². The first kappa shape index (κ1) is 20.8. The SMILES string of the molecule is O=C(NNc1ccccc1OCc1ccccc1)[C@@H]1CC(=O)N(c2ccc(Cl)cc2)C1. The number of anilines is 2. The molecule has 3 aromatic carbocycles. The van der Waals surface area contributed by atoms with Crippen molar-refractivity contribution in [3.8, 4) is 5.75 Å². The second-order valence-corrected chi connectivity index (χ2v) is 7.70. The van der Waals surface area contributed by atoms with Gasteiger partial charge < -0.3 is 9.64 Å². The number of nitrogens with one attached hydrogen (secondary N) is 2. The summed E-state index contributed by atoms with van der Waals surface area (Å²) in [6, 6.07) is 24.2. The lowest BCUT2D eigenvalue weighted by Crippen LogP contribution is -2.36. The Morgan fingerprint density at radius 1 is 1.00 bits per heavy atom. The van der Waals surface area contributed by atoms with Gasteiger partial charge in [0.2, 0.25) is 11.8 Å². The van der Waals surface area contributed by atoms with Crippen molar-refractivity contribution in [2.45, 2.75) is 13.0 Å². The van der Waals surface area contributed by atoms with Crippen LogP contribution in [0.5, 0.6) is 5.75 Å². The summed E-state index contributed by atoms with van der Waals surface area (Å²) in [6.45, 7) is 0.737. The number of nitrogens with zero attached hydrogens (tertiary/aromatic N) is 1. The van der Waals surface area contributed by atoms with Crippen LogP contribution in [0.3, 0.4) is 0 Å². The van der Waals surface area contributed by atoms with Gasteiger partial charge >= 0.3 is 0 Å². The highest BCUT2D eigenvalue weighted by Crippen LogP contribution is 2.27. The smallest absolute Gasteiger partial charge is 0.243 e. The zero-order valence-corrected chi connectivity index (χ0v) is 17.5. The van der Waals surface area contributed by atoms with E-state index < -0.39 is 5.92 Å². The molecule has 7 heteroatoms. The molecule has 1 heterocycles. The molecule has 3 aromatic rings. The third-order valence-electron chi connectivity index (χ3n) is 5.08. The fourth-order valence-electron chi connectivity index (χ4n) is 3.42. The minimum absolute atomic E-state index is 0.0888. The van der Waals surface area contributed by atoms with E-state index in [0.717, 1.165) is 11.3 Å². The van der Waals surface area contributed by atoms with Crippen LogP contribution in [0.2, 0.25) is 5.02 Å². The number of para-hydroxylation sites is 2. The largest absolute Gasteiger partial charge is 0.487 e. The molecule has 2 N–H and O–H groups in total. The third-order valence-corrected chi connectivity index (χ3v) is 5.33. The summed E-state index contributed by atoms with van der Waals surface area (Å²) in [5.74, 6) is -0.165. The highest BCUT2D eigenvalue weighted by atomic mass is 35.5. The maximum Gasteiger partial charge on any atom is 0.243 e. The highest BCUT2D eigenvalue weighted by Gasteiger charge is 2.35. The maximum absolute atomic E-state index is 12.7. The number of hydrogen-bond donors (Lipinski definition) is 2. The summed E-state index contributed by atoms with van der Waals surface area (Å²) in [7, 11) is 0. The number of rotatable bonds is 7. The summed E-state index contributed by atoms with van der Waals surface area (Å²) in [6.07, 6.45) is 0.155. The molecule has 31 heavy (non-hydrogen) atoms. The van der Waals surface area contributed by atoms with Crippen molar-refractivity contribution in [3.05, 3.63) is 89.4 Å². The number of amides is 2. The van der Waals surface area contributed by atoms with Gasteiger partial charge in [-0.25, -0.2) is 0 Å². The Bertz CT molecular complexity index is 1060. The van der Waals surface area contributed by atoms with Gasteiger partial charge in [-0.3, -0.25) is 20.4 Å². The Kier molecular flexibility index (Phi) is 6.38. The second kappa shape index (κ2) is 9.53. The second-order valence-electron chi connectivity index (χ2n) is 7.27. The zero-order chi connectivity index (χ0) is 21.6. The van der Waals surface area contributed by atoms with E-state index in [2.05, 4.69) is 10.9 Å². The number of ether oxygens (including phenoxy) is 1. The number of carbonyl (C=O) groups is 2. The quantitative estimate of drug-likeness (QED) is 0.539. The van der Waals surface area contributed by atoms with Crippen LogP contribution in [0.15, 0.2) is 78.9 Å². The number of benzene rings is 3. The molecule has 0 aromatic heterocycles. The van der Waals surface area contributed by atoms with Crippen molar-refractivity contribution in [2.75, 3.05) is 16.9 Å². The molecule has 158 valence electrons. The first-order chi connectivity index (χ1) is 15.1. The Balaban J connectivity index is 1.35. The molecule has 1 fully saturated rings. The number of carbonyl (C=O) groups excluding carboxylic acids is 2. The molecule has 0 radical (unpaired) electrons. The van der Waals surface area contributed by atoms with E-state index in [0.29, 0.717) is 29.6 Å². The maximum atomic E-state index is 12.7. The van der Waals surface area contributed by atoms with Crippen LogP contribution < -0.4 is 20.5 Å². The van der Waals surface area contributed by atoms with E-state index in [-0.39, 0.29) is 18.2 Å².